The zero-order valence-electron chi connectivity index (χ0n) is 17.0. The third-order valence-electron chi connectivity index (χ3n) is 5.27. The molecule has 158 valence electrons. The largest absolute Gasteiger partial charge is 0.496 e. The van der Waals surface area contributed by atoms with Crippen LogP contribution in [0.25, 0.3) is 0 Å². The van der Waals surface area contributed by atoms with Crippen LogP contribution >= 0.6 is 24.0 Å². The van der Waals surface area contributed by atoms with Crippen LogP contribution in [0.5, 0.6) is 5.75 Å². The number of para-hydroxylation sites is 1. The average Bonchev–Trinajstić information content (AvgIpc) is 3.31. The minimum Gasteiger partial charge on any atom is -0.496 e. The predicted octanol–water partition coefficient (Wildman–Crippen LogP) is 3.10. The van der Waals surface area contributed by atoms with E-state index < -0.39 is 0 Å². The summed E-state index contributed by atoms with van der Waals surface area (Å²) in [7, 11) is 1.74. The standard InChI is InChI=1S/C21H33N3O3.HI/c1-3-22-20(23-12-6-13-27-17-9-14-26-15-17)24-16-21(10-11-21)18-7-4-5-8-19(18)25-2;/h4-5,7-8,17H,3,6,9-16H2,1-2H3,(H2,22,23,24);1H. The second-order valence-electron chi connectivity index (χ2n) is 7.31. The van der Waals surface area contributed by atoms with Gasteiger partial charge < -0.3 is 24.8 Å². The number of rotatable bonds is 10. The summed E-state index contributed by atoms with van der Waals surface area (Å²) in [6, 6.07) is 8.32. The van der Waals surface area contributed by atoms with Crippen LogP contribution in [0.2, 0.25) is 0 Å². The number of hydrogen-bond donors (Lipinski definition) is 2. The summed E-state index contributed by atoms with van der Waals surface area (Å²) >= 11 is 0. The first-order valence-electron chi connectivity index (χ1n) is 10.1. The molecule has 1 saturated heterocycles. The maximum Gasteiger partial charge on any atom is 0.191 e. The van der Waals surface area contributed by atoms with Crippen molar-refractivity contribution in [1.29, 1.82) is 0 Å². The highest BCUT2D eigenvalue weighted by molar-refractivity contribution is 14.0. The molecule has 1 saturated carbocycles. The van der Waals surface area contributed by atoms with Crippen molar-refractivity contribution in [2.24, 2.45) is 4.99 Å². The monoisotopic (exact) mass is 503 g/mol. The van der Waals surface area contributed by atoms with E-state index in [0.717, 1.165) is 76.8 Å². The molecule has 0 bridgehead atoms. The molecule has 6 nitrogen and oxygen atoms in total. The van der Waals surface area contributed by atoms with Gasteiger partial charge in [-0.15, -0.1) is 24.0 Å². The van der Waals surface area contributed by atoms with Crippen molar-refractivity contribution in [3.8, 4) is 5.75 Å². The number of nitrogens with one attached hydrogen (secondary N) is 2. The van der Waals surface area contributed by atoms with Crippen molar-refractivity contribution < 1.29 is 14.2 Å². The SMILES string of the molecule is CCNC(=NCC1(c2ccccc2OC)CC1)NCCCOC1CCOC1.I. The topological polar surface area (TPSA) is 64.1 Å². The van der Waals surface area contributed by atoms with Crippen molar-refractivity contribution >= 4 is 29.9 Å². The predicted molar refractivity (Wildman–Crippen MR) is 123 cm³/mol. The van der Waals surface area contributed by atoms with Crippen molar-refractivity contribution in [3.63, 3.8) is 0 Å². The number of hydrogen-bond acceptors (Lipinski definition) is 4. The Morgan fingerprint density at radius 1 is 1.29 bits per heavy atom. The molecular weight excluding hydrogens is 469 g/mol. The molecule has 1 aliphatic carbocycles. The lowest BCUT2D eigenvalue weighted by Gasteiger charge is -2.18. The van der Waals surface area contributed by atoms with Crippen molar-refractivity contribution in [1.82, 2.24) is 10.6 Å². The third kappa shape index (κ3) is 6.49. The fraction of sp³-hybridized carbons (Fsp3) is 0.667. The second kappa shape index (κ2) is 11.8. The van der Waals surface area contributed by atoms with E-state index in [2.05, 4.69) is 29.7 Å². The molecule has 1 atom stereocenters. The molecule has 0 spiro atoms. The van der Waals surface area contributed by atoms with Gasteiger partial charge >= 0.3 is 0 Å². The summed E-state index contributed by atoms with van der Waals surface area (Å²) in [5.41, 5.74) is 1.40. The van der Waals surface area contributed by atoms with E-state index in [1.54, 1.807) is 7.11 Å². The first-order chi connectivity index (χ1) is 13.3. The average molecular weight is 503 g/mol. The smallest absolute Gasteiger partial charge is 0.191 e. The number of guanidine groups is 1. The number of nitrogens with zero attached hydrogens (tertiary/aromatic N) is 1. The number of methoxy groups -OCH3 is 1. The number of halogens is 1. The van der Waals surface area contributed by atoms with E-state index in [0.29, 0.717) is 0 Å². The molecule has 0 radical (unpaired) electrons. The van der Waals surface area contributed by atoms with E-state index in [4.69, 9.17) is 19.2 Å². The van der Waals surface area contributed by atoms with E-state index in [1.807, 2.05) is 12.1 Å². The van der Waals surface area contributed by atoms with Gasteiger partial charge in [0.1, 0.15) is 5.75 Å². The van der Waals surface area contributed by atoms with E-state index >= 15 is 0 Å². The summed E-state index contributed by atoms with van der Waals surface area (Å²) in [5.74, 6) is 1.85. The number of aliphatic imine (C=N–C) groups is 1. The number of benzene rings is 1. The van der Waals surface area contributed by atoms with Crippen LogP contribution in [0.3, 0.4) is 0 Å². The zero-order valence-corrected chi connectivity index (χ0v) is 19.4. The first-order valence-corrected chi connectivity index (χ1v) is 10.1. The molecule has 7 heteroatoms. The Morgan fingerprint density at radius 2 is 2.11 bits per heavy atom. The highest BCUT2D eigenvalue weighted by Crippen LogP contribution is 2.51. The van der Waals surface area contributed by atoms with Gasteiger partial charge in [-0.05, 0) is 38.7 Å². The Morgan fingerprint density at radius 3 is 2.79 bits per heavy atom. The maximum atomic E-state index is 5.81. The Bertz CT molecular complexity index is 617. The van der Waals surface area contributed by atoms with Crippen LogP contribution in [0.15, 0.2) is 29.3 Å². The van der Waals surface area contributed by atoms with Crippen LogP contribution in [-0.4, -0.2) is 58.6 Å². The first kappa shape index (κ1) is 23.2. The summed E-state index contributed by atoms with van der Waals surface area (Å²) in [6.45, 7) is 6.89. The zero-order chi connectivity index (χ0) is 19.0. The Kier molecular flexibility index (Phi) is 9.81. The van der Waals surface area contributed by atoms with Gasteiger partial charge in [0, 0.05) is 37.3 Å². The van der Waals surface area contributed by atoms with Gasteiger partial charge in [-0.1, -0.05) is 18.2 Å². The lowest BCUT2D eigenvalue weighted by atomic mass is 9.95. The van der Waals surface area contributed by atoms with Gasteiger partial charge in [0.2, 0.25) is 0 Å². The Hall–Kier alpha value is -1.06. The fourth-order valence-electron chi connectivity index (χ4n) is 3.49. The molecule has 1 aromatic rings. The number of ether oxygens (including phenoxy) is 3. The van der Waals surface area contributed by atoms with E-state index in [-0.39, 0.29) is 35.5 Å². The van der Waals surface area contributed by atoms with Crippen molar-refractivity contribution in [2.75, 3.05) is 46.6 Å². The second-order valence-corrected chi connectivity index (χ2v) is 7.31. The molecule has 0 aromatic heterocycles. The van der Waals surface area contributed by atoms with Gasteiger partial charge in [0.05, 0.1) is 26.4 Å². The Labute approximate surface area is 185 Å². The van der Waals surface area contributed by atoms with Crippen LogP contribution in [0.1, 0.15) is 38.2 Å². The maximum absolute atomic E-state index is 5.81. The summed E-state index contributed by atoms with van der Waals surface area (Å²) < 4.78 is 16.7. The van der Waals surface area contributed by atoms with Gasteiger partial charge in [-0.25, -0.2) is 0 Å². The minimum atomic E-state index is 0. The molecular formula is C21H34IN3O3. The summed E-state index contributed by atoms with van der Waals surface area (Å²) in [4.78, 5) is 4.85. The van der Waals surface area contributed by atoms with Crippen LogP contribution < -0.4 is 15.4 Å². The van der Waals surface area contributed by atoms with E-state index in [9.17, 15) is 0 Å². The lowest BCUT2D eigenvalue weighted by molar-refractivity contribution is 0.0420. The Balaban J connectivity index is 0.00000280. The molecule has 2 fully saturated rings. The van der Waals surface area contributed by atoms with Gasteiger partial charge in [-0.3, -0.25) is 4.99 Å². The molecule has 3 rings (SSSR count). The summed E-state index contributed by atoms with van der Waals surface area (Å²) in [6.07, 6.45) is 4.57. The van der Waals surface area contributed by atoms with Crippen LogP contribution in [-0.2, 0) is 14.9 Å². The van der Waals surface area contributed by atoms with Crippen LogP contribution in [0.4, 0.5) is 0 Å². The highest BCUT2D eigenvalue weighted by atomic mass is 127. The molecule has 1 heterocycles. The quantitative estimate of drug-likeness (QED) is 0.223. The van der Waals surface area contributed by atoms with Crippen molar-refractivity contribution in [3.05, 3.63) is 29.8 Å². The third-order valence-corrected chi connectivity index (χ3v) is 5.27. The molecule has 1 unspecified atom stereocenters. The van der Waals surface area contributed by atoms with Crippen LogP contribution in [0, 0.1) is 0 Å². The van der Waals surface area contributed by atoms with Gasteiger partial charge in [0.15, 0.2) is 5.96 Å². The van der Waals surface area contributed by atoms with Gasteiger partial charge in [0.25, 0.3) is 0 Å². The minimum absolute atomic E-state index is 0. The van der Waals surface area contributed by atoms with E-state index in [1.165, 1.54) is 5.56 Å². The molecule has 1 aliphatic heterocycles. The molecule has 28 heavy (non-hydrogen) atoms. The lowest BCUT2D eigenvalue weighted by Crippen LogP contribution is -2.38. The van der Waals surface area contributed by atoms with Crippen molar-refractivity contribution in [2.45, 2.75) is 44.1 Å². The normalized spacial score (nSPS) is 20.4. The fourth-order valence-corrected chi connectivity index (χ4v) is 3.49. The summed E-state index contributed by atoms with van der Waals surface area (Å²) in [5, 5.41) is 6.76. The molecule has 2 N–H and O–H groups in total. The molecule has 2 aliphatic rings. The molecule has 0 amide bonds. The van der Waals surface area contributed by atoms with Gasteiger partial charge in [-0.2, -0.15) is 0 Å². The highest BCUT2D eigenvalue weighted by Gasteiger charge is 2.46. The molecule has 1 aromatic carbocycles.